The second-order valence-electron chi connectivity index (χ2n) is 7.29. The molecule has 0 aromatic heterocycles. The summed E-state index contributed by atoms with van der Waals surface area (Å²) >= 11 is 0. The fraction of sp³-hybridized carbons (Fsp3) is 0.941. The van der Waals surface area contributed by atoms with Gasteiger partial charge in [0, 0.05) is 58.9 Å². The van der Waals surface area contributed by atoms with Crippen LogP contribution < -0.4 is 5.32 Å². The average Bonchev–Trinajstić information content (AvgIpc) is 2.55. The molecule has 2 fully saturated rings. The van der Waals surface area contributed by atoms with E-state index in [0.717, 1.165) is 59.0 Å². The van der Waals surface area contributed by atoms with Crippen molar-refractivity contribution in [3.8, 4) is 0 Å². The Kier molecular flexibility index (Phi) is 8.41. The number of hydrogen-bond donors (Lipinski definition) is 2. The maximum absolute atomic E-state index is 12.1. The van der Waals surface area contributed by atoms with Crippen molar-refractivity contribution < 1.29 is 14.6 Å². The molecule has 1 atom stereocenters. The number of β-amino-alcohol motifs (C(OH)–C–C–N with tert-alkyl or cyclic N) is 1. The van der Waals surface area contributed by atoms with Gasteiger partial charge in [0.1, 0.15) is 0 Å². The highest BCUT2D eigenvalue weighted by Crippen LogP contribution is 2.07. The Hall–Kier alpha value is -0.730. The molecule has 2 rings (SSSR count). The van der Waals surface area contributed by atoms with Crippen molar-refractivity contribution in [1.29, 1.82) is 0 Å². The minimum Gasteiger partial charge on any atom is -0.395 e. The molecule has 0 spiro atoms. The number of amides is 1. The van der Waals surface area contributed by atoms with Gasteiger partial charge in [0.25, 0.3) is 0 Å². The number of hydrogen-bond acceptors (Lipinski definition) is 6. The topological polar surface area (TPSA) is 68.3 Å². The zero-order valence-corrected chi connectivity index (χ0v) is 15.2. The number of morpholine rings is 1. The monoisotopic (exact) mass is 342 g/mol. The fourth-order valence-electron chi connectivity index (χ4n) is 3.39. The van der Waals surface area contributed by atoms with E-state index in [1.165, 1.54) is 0 Å². The highest BCUT2D eigenvalue weighted by Gasteiger charge is 2.22. The van der Waals surface area contributed by atoms with E-state index in [2.05, 4.69) is 33.9 Å². The van der Waals surface area contributed by atoms with Gasteiger partial charge in [-0.1, -0.05) is 13.8 Å². The summed E-state index contributed by atoms with van der Waals surface area (Å²) in [5, 5.41) is 12.0. The first-order valence-electron chi connectivity index (χ1n) is 9.23. The summed E-state index contributed by atoms with van der Waals surface area (Å²) in [4.78, 5) is 19.0. The molecule has 1 unspecified atom stereocenters. The Morgan fingerprint density at radius 1 is 1.17 bits per heavy atom. The Morgan fingerprint density at radius 3 is 2.54 bits per heavy atom. The molecule has 0 aromatic rings. The zero-order valence-electron chi connectivity index (χ0n) is 15.2. The number of carbonyl (C=O) groups is 1. The normalized spacial score (nSPS) is 24.4. The first kappa shape index (κ1) is 19.6. The standard InChI is InChI=1S/C17H34N4O3/c1-15(2)12-21-8-10-24-16(13-21)11-18-17(23)14-20-5-3-19(4-6-20)7-9-22/h15-16,22H,3-14H2,1-2H3,(H,18,23). The maximum atomic E-state index is 12.1. The van der Waals surface area contributed by atoms with E-state index in [-0.39, 0.29) is 18.6 Å². The number of ether oxygens (including phenoxy) is 1. The molecule has 0 saturated carbocycles. The van der Waals surface area contributed by atoms with Crippen LogP contribution in [0.15, 0.2) is 0 Å². The zero-order chi connectivity index (χ0) is 17.4. The number of aliphatic hydroxyl groups is 1. The molecule has 2 aliphatic heterocycles. The first-order chi connectivity index (χ1) is 11.6. The average molecular weight is 342 g/mol. The van der Waals surface area contributed by atoms with Crippen LogP contribution in [0, 0.1) is 5.92 Å². The van der Waals surface area contributed by atoms with Crippen molar-refractivity contribution in [2.45, 2.75) is 20.0 Å². The number of piperazine rings is 1. The summed E-state index contributed by atoms with van der Waals surface area (Å²) < 4.78 is 5.77. The third-order valence-corrected chi connectivity index (χ3v) is 4.62. The van der Waals surface area contributed by atoms with E-state index in [9.17, 15) is 4.79 Å². The molecular formula is C17H34N4O3. The molecule has 140 valence electrons. The quantitative estimate of drug-likeness (QED) is 0.594. The van der Waals surface area contributed by atoms with E-state index < -0.39 is 0 Å². The van der Waals surface area contributed by atoms with Crippen LogP contribution in [-0.2, 0) is 9.53 Å². The number of nitrogens with one attached hydrogen (secondary N) is 1. The second kappa shape index (κ2) is 10.3. The van der Waals surface area contributed by atoms with Crippen molar-refractivity contribution in [2.75, 3.05) is 78.7 Å². The molecule has 2 aliphatic rings. The first-order valence-corrected chi connectivity index (χ1v) is 9.23. The Morgan fingerprint density at radius 2 is 1.88 bits per heavy atom. The predicted molar refractivity (Wildman–Crippen MR) is 94.0 cm³/mol. The minimum atomic E-state index is 0.0789. The Bertz CT molecular complexity index is 373. The molecule has 1 amide bonds. The van der Waals surface area contributed by atoms with Gasteiger partial charge in [0.2, 0.25) is 5.91 Å². The smallest absolute Gasteiger partial charge is 0.234 e. The van der Waals surface area contributed by atoms with Gasteiger partial charge in [-0.2, -0.15) is 0 Å². The number of nitrogens with zero attached hydrogens (tertiary/aromatic N) is 3. The molecule has 7 nitrogen and oxygen atoms in total. The summed E-state index contributed by atoms with van der Waals surface area (Å²) in [5.41, 5.74) is 0. The van der Waals surface area contributed by atoms with Crippen molar-refractivity contribution >= 4 is 5.91 Å². The number of rotatable bonds is 8. The van der Waals surface area contributed by atoms with Crippen molar-refractivity contribution in [3.05, 3.63) is 0 Å². The predicted octanol–water partition coefficient (Wildman–Crippen LogP) is -0.931. The van der Waals surface area contributed by atoms with Crippen molar-refractivity contribution in [2.24, 2.45) is 5.92 Å². The third kappa shape index (κ3) is 7.03. The summed E-state index contributed by atoms with van der Waals surface area (Å²) in [5.74, 6) is 0.734. The van der Waals surface area contributed by atoms with Crippen LogP contribution in [0.5, 0.6) is 0 Å². The molecule has 0 radical (unpaired) electrons. The van der Waals surface area contributed by atoms with Gasteiger partial charge in [-0.25, -0.2) is 0 Å². The van der Waals surface area contributed by atoms with Crippen LogP contribution in [0.1, 0.15) is 13.8 Å². The lowest BCUT2D eigenvalue weighted by Gasteiger charge is -2.35. The summed E-state index contributed by atoms with van der Waals surface area (Å²) in [6, 6.07) is 0. The highest BCUT2D eigenvalue weighted by molar-refractivity contribution is 5.78. The molecule has 2 heterocycles. The second-order valence-corrected chi connectivity index (χ2v) is 7.29. The molecule has 0 aliphatic carbocycles. The fourth-order valence-corrected chi connectivity index (χ4v) is 3.39. The van der Waals surface area contributed by atoms with E-state index in [1.54, 1.807) is 0 Å². The van der Waals surface area contributed by atoms with Crippen LogP contribution in [0.25, 0.3) is 0 Å². The van der Waals surface area contributed by atoms with Crippen LogP contribution in [0.2, 0.25) is 0 Å². The highest BCUT2D eigenvalue weighted by atomic mass is 16.5. The SMILES string of the molecule is CC(C)CN1CCOC(CNC(=O)CN2CCN(CCO)CC2)C1. The largest absolute Gasteiger partial charge is 0.395 e. The third-order valence-electron chi connectivity index (χ3n) is 4.62. The molecule has 2 saturated heterocycles. The summed E-state index contributed by atoms with van der Waals surface area (Å²) in [6.07, 6.45) is 0.0999. The van der Waals surface area contributed by atoms with Crippen molar-refractivity contribution in [1.82, 2.24) is 20.0 Å². The molecule has 0 bridgehead atoms. The Balaban J connectivity index is 1.61. The lowest BCUT2D eigenvalue weighted by Crippen LogP contribution is -2.52. The number of aliphatic hydroxyl groups excluding tert-OH is 1. The lowest BCUT2D eigenvalue weighted by atomic mass is 10.2. The van der Waals surface area contributed by atoms with Gasteiger partial charge < -0.3 is 15.2 Å². The molecule has 7 heteroatoms. The summed E-state index contributed by atoms with van der Waals surface area (Å²) in [7, 11) is 0. The molecular weight excluding hydrogens is 308 g/mol. The molecule has 0 aromatic carbocycles. The van der Waals surface area contributed by atoms with Crippen LogP contribution in [0.3, 0.4) is 0 Å². The Labute approximate surface area is 145 Å². The van der Waals surface area contributed by atoms with Crippen LogP contribution in [0.4, 0.5) is 0 Å². The lowest BCUT2D eigenvalue weighted by molar-refractivity contribution is -0.124. The van der Waals surface area contributed by atoms with Gasteiger partial charge in [0.15, 0.2) is 0 Å². The van der Waals surface area contributed by atoms with Gasteiger partial charge >= 0.3 is 0 Å². The van der Waals surface area contributed by atoms with Gasteiger partial charge in [-0.05, 0) is 5.92 Å². The van der Waals surface area contributed by atoms with Crippen LogP contribution >= 0.6 is 0 Å². The molecule has 2 N–H and O–H groups in total. The van der Waals surface area contributed by atoms with E-state index in [0.29, 0.717) is 19.0 Å². The van der Waals surface area contributed by atoms with Crippen molar-refractivity contribution in [3.63, 3.8) is 0 Å². The van der Waals surface area contributed by atoms with E-state index >= 15 is 0 Å². The molecule has 24 heavy (non-hydrogen) atoms. The van der Waals surface area contributed by atoms with E-state index in [4.69, 9.17) is 9.84 Å². The van der Waals surface area contributed by atoms with Gasteiger partial charge in [-0.3, -0.25) is 19.5 Å². The maximum Gasteiger partial charge on any atom is 0.234 e. The number of carbonyl (C=O) groups excluding carboxylic acids is 1. The van der Waals surface area contributed by atoms with Gasteiger partial charge in [0.05, 0.1) is 25.9 Å². The minimum absolute atomic E-state index is 0.0789. The van der Waals surface area contributed by atoms with Crippen LogP contribution in [-0.4, -0.2) is 110 Å². The van der Waals surface area contributed by atoms with Gasteiger partial charge in [-0.15, -0.1) is 0 Å². The van der Waals surface area contributed by atoms with E-state index in [1.807, 2.05) is 0 Å². The summed E-state index contributed by atoms with van der Waals surface area (Å²) in [6.45, 7) is 13.8.